The zero-order chi connectivity index (χ0) is 13.1. The highest BCUT2D eigenvalue weighted by molar-refractivity contribution is 5.75. The van der Waals surface area contributed by atoms with Gasteiger partial charge in [0.05, 0.1) is 0 Å². The standard InChI is InChI=1S/C14H23N3O/c1-2-14(18)17-12-7-4-3-6-10-15-13-9-5-8-11-16-13/h5,8-9,11H,2-4,6-7,10,12H2,1H3,(H,15,16)(H,17,18). The molecule has 1 heterocycles. The molecular weight excluding hydrogens is 226 g/mol. The summed E-state index contributed by atoms with van der Waals surface area (Å²) in [5.41, 5.74) is 0. The molecule has 0 aliphatic heterocycles. The number of nitrogens with one attached hydrogen (secondary N) is 2. The van der Waals surface area contributed by atoms with Crippen molar-refractivity contribution in [3.05, 3.63) is 24.4 Å². The third-order valence-corrected chi connectivity index (χ3v) is 2.72. The van der Waals surface area contributed by atoms with Crippen LogP contribution in [0.2, 0.25) is 0 Å². The fourth-order valence-electron chi connectivity index (χ4n) is 1.64. The summed E-state index contributed by atoms with van der Waals surface area (Å²) in [6, 6.07) is 5.86. The van der Waals surface area contributed by atoms with Crippen LogP contribution in [0, 0.1) is 0 Å². The molecule has 18 heavy (non-hydrogen) atoms. The van der Waals surface area contributed by atoms with Gasteiger partial charge in [0, 0.05) is 25.7 Å². The van der Waals surface area contributed by atoms with Crippen molar-refractivity contribution in [1.29, 1.82) is 0 Å². The van der Waals surface area contributed by atoms with Gasteiger partial charge in [-0.15, -0.1) is 0 Å². The molecule has 1 amide bonds. The summed E-state index contributed by atoms with van der Waals surface area (Å²) in [6.45, 7) is 3.64. The Hall–Kier alpha value is -1.58. The predicted molar refractivity (Wildman–Crippen MR) is 74.5 cm³/mol. The number of unbranched alkanes of at least 4 members (excludes halogenated alkanes) is 3. The number of nitrogens with zero attached hydrogens (tertiary/aromatic N) is 1. The molecule has 0 aliphatic carbocycles. The maximum absolute atomic E-state index is 11.0. The molecule has 0 spiro atoms. The minimum Gasteiger partial charge on any atom is -0.370 e. The number of aromatic nitrogens is 1. The van der Waals surface area contributed by atoms with Crippen LogP contribution in [0.1, 0.15) is 39.0 Å². The first-order chi connectivity index (χ1) is 8.83. The summed E-state index contributed by atoms with van der Waals surface area (Å²) in [6.07, 6.45) is 6.91. The number of hydrogen-bond acceptors (Lipinski definition) is 3. The van der Waals surface area contributed by atoms with Crippen molar-refractivity contribution in [2.24, 2.45) is 0 Å². The average Bonchev–Trinajstić information content (AvgIpc) is 2.42. The first-order valence-corrected chi connectivity index (χ1v) is 6.74. The van der Waals surface area contributed by atoms with Crippen LogP contribution < -0.4 is 10.6 Å². The van der Waals surface area contributed by atoms with E-state index in [1.807, 2.05) is 25.1 Å². The fourth-order valence-corrected chi connectivity index (χ4v) is 1.64. The molecule has 4 nitrogen and oxygen atoms in total. The molecule has 0 fully saturated rings. The lowest BCUT2D eigenvalue weighted by atomic mass is 10.2. The third kappa shape index (κ3) is 6.89. The van der Waals surface area contributed by atoms with Crippen molar-refractivity contribution in [3.8, 4) is 0 Å². The number of amides is 1. The van der Waals surface area contributed by atoms with Gasteiger partial charge in [-0.25, -0.2) is 4.98 Å². The summed E-state index contributed by atoms with van der Waals surface area (Å²) in [7, 11) is 0. The monoisotopic (exact) mass is 249 g/mol. The molecule has 4 heteroatoms. The van der Waals surface area contributed by atoms with Crippen molar-refractivity contribution in [2.75, 3.05) is 18.4 Å². The van der Waals surface area contributed by atoms with E-state index in [1.54, 1.807) is 6.20 Å². The van der Waals surface area contributed by atoms with Gasteiger partial charge in [0.2, 0.25) is 5.91 Å². The van der Waals surface area contributed by atoms with Crippen molar-refractivity contribution in [3.63, 3.8) is 0 Å². The van der Waals surface area contributed by atoms with E-state index < -0.39 is 0 Å². The lowest BCUT2D eigenvalue weighted by molar-refractivity contribution is -0.120. The molecule has 0 aromatic carbocycles. The van der Waals surface area contributed by atoms with Gasteiger partial charge >= 0.3 is 0 Å². The van der Waals surface area contributed by atoms with Gasteiger partial charge in [0.1, 0.15) is 5.82 Å². The van der Waals surface area contributed by atoms with E-state index in [9.17, 15) is 4.79 Å². The number of anilines is 1. The third-order valence-electron chi connectivity index (χ3n) is 2.72. The van der Waals surface area contributed by atoms with Crippen LogP contribution in [0.4, 0.5) is 5.82 Å². The van der Waals surface area contributed by atoms with Gasteiger partial charge in [-0.3, -0.25) is 4.79 Å². The molecule has 0 atom stereocenters. The minimum atomic E-state index is 0.145. The molecule has 0 aliphatic rings. The Morgan fingerprint density at radius 3 is 2.61 bits per heavy atom. The summed E-state index contributed by atoms with van der Waals surface area (Å²) in [5.74, 6) is 1.08. The van der Waals surface area contributed by atoms with Gasteiger partial charge in [-0.2, -0.15) is 0 Å². The van der Waals surface area contributed by atoms with Crippen LogP contribution in [0.3, 0.4) is 0 Å². The Morgan fingerprint density at radius 1 is 1.17 bits per heavy atom. The van der Waals surface area contributed by atoms with E-state index in [0.717, 1.165) is 38.2 Å². The lowest BCUT2D eigenvalue weighted by Crippen LogP contribution is -2.23. The Labute approximate surface area is 109 Å². The molecular formula is C14H23N3O. The van der Waals surface area contributed by atoms with Gasteiger partial charge in [-0.1, -0.05) is 25.8 Å². The quantitative estimate of drug-likeness (QED) is 0.661. The van der Waals surface area contributed by atoms with Crippen LogP contribution in [0.15, 0.2) is 24.4 Å². The Kier molecular flexibility index (Phi) is 7.60. The van der Waals surface area contributed by atoms with Crippen LogP contribution in [-0.2, 0) is 4.79 Å². The largest absolute Gasteiger partial charge is 0.370 e. The highest BCUT2D eigenvalue weighted by atomic mass is 16.1. The highest BCUT2D eigenvalue weighted by Crippen LogP contribution is 2.02. The number of rotatable bonds is 9. The topological polar surface area (TPSA) is 54.0 Å². The zero-order valence-corrected chi connectivity index (χ0v) is 11.1. The van der Waals surface area contributed by atoms with Crippen LogP contribution in [0.25, 0.3) is 0 Å². The van der Waals surface area contributed by atoms with Crippen molar-refractivity contribution in [1.82, 2.24) is 10.3 Å². The van der Waals surface area contributed by atoms with Gasteiger partial charge < -0.3 is 10.6 Å². The highest BCUT2D eigenvalue weighted by Gasteiger charge is 1.95. The number of carbonyl (C=O) groups excluding carboxylic acids is 1. The summed E-state index contributed by atoms with van der Waals surface area (Å²) in [5, 5.41) is 6.17. The Morgan fingerprint density at radius 2 is 1.94 bits per heavy atom. The van der Waals surface area contributed by atoms with E-state index in [1.165, 1.54) is 6.42 Å². The van der Waals surface area contributed by atoms with E-state index in [4.69, 9.17) is 0 Å². The molecule has 1 rings (SSSR count). The molecule has 0 unspecified atom stereocenters. The minimum absolute atomic E-state index is 0.145. The van der Waals surface area contributed by atoms with E-state index in [0.29, 0.717) is 6.42 Å². The van der Waals surface area contributed by atoms with E-state index in [-0.39, 0.29) is 5.91 Å². The second-order valence-electron chi connectivity index (χ2n) is 4.26. The summed E-state index contributed by atoms with van der Waals surface area (Å²) in [4.78, 5) is 15.2. The number of carbonyl (C=O) groups is 1. The van der Waals surface area contributed by atoms with Crippen LogP contribution in [-0.4, -0.2) is 24.0 Å². The maximum Gasteiger partial charge on any atom is 0.219 e. The maximum atomic E-state index is 11.0. The van der Waals surface area contributed by atoms with Crippen molar-refractivity contribution >= 4 is 11.7 Å². The van der Waals surface area contributed by atoms with Crippen LogP contribution in [0.5, 0.6) is 0 Å². The van der Waals surface area contributed by atoms with E-state index >= 15 is 0 Å². The normalized spacial score (nSPS) is 10.1. The molecule has 1 aromatic heterocycles. The summed E-state index contributed by atoms with van der Waals surface area (Å²) >= 11 is 0. The van der Waals surface area contributed by atoms with E-state index in [2.05, 4.69) is 15.6 Å². The van der Waals surface area contributed by atoms with Crippen molar-refractivity contribution < 1.29 is 4.79 Å². The second-order valence-corrected chi connectivity index (χ2v) is 4.26. The molecule has 0 bridgehead atoms. The molecule has 1 aromatic rings. The zero-order valence-electron chi connectivity index (χ0n) is 11.1. The lowest BCUT2D eigenvalue weighted by Gasteiger charge is -2.05. The smallest absolute Gasteiger partial charge is 0.219 e. The number of hydrogen-bond donors (Lipinski definition) is 2. The first kappa shape index (κ1) is 14.5. The Balaban J connectivity index is 1.89. The molecule has 0 radical (unpaired) electrons. The second kappa shape index (κ2) is 9.45. The van der Waals surface area contributed by atoms with Crippen molar-refractivity contribution in [2.45, 2.75) is 39.0 Å². The van der Waals surface area contributed by atoms with Gasteiger partial charge in [0.15, 0.2) is 0 Å². The summed E-state index contributed by atoms with van der Waals surface area (Å²) < 4.78 is 0. The predicted octanol–water partition coefficient (Wildman–Crippen LogP) is 2.58. The molecule has 0 saturated carbocycles. The first-order valence-electron chi connectivity index (χ1n) is 6.74. The molecule has 2 N–H and O–H groups in total. The molecule has 0 saturated heterocycles. The van der Waals surface area contributed by atoms with Gasteiger partial charge in [0.25, 0.3) is 0 Å². The number of pyridine rings is 1. The Bertz CT molecular complexity index is 327. The fraction of sp³-hybridized carbons (Fsp3) is 0.571. The molecule has 100 valence electrons. The van der Waals surface area contributed by atoms with Gasteiger partial charge in [-0.05, 0) is 25.0 Å². The average molecular weight is 249 g/mol. The van der Waals surface area contributed by atoms with Crippen LogP contribution >= 0.6 is 0 Å². The SMILES string of the molecule is CCC(=O)NCCCCCCNc1ccccn1.